The Kier molecular flexibility index (Phi) is 4.78. The van der Waals surface area contributed by atoms with E-state index in [1.807, 2.05) is 24.3 Å². The Balaban J connectivity index is 1.84. The standard InChI is InChI=1S/C14H19BrN2O/c15-12-3-1-2-4-13(12)17-14(18)9-10-5-7-11(16)8-6-10/h1-4,10-11H,5-9,16H2,(H,17,18). The highest BCUT2D eigenvalue weighted by Crippen LogP contribution is 2.27. The third kappa shape index (κ3) is 3.82. The molecule has 0 atom stereocenters. The van der Waals surface area contributed by atoms with Crippen molar-refractivity contribution in [2.45, 2.75) is 38.1 Å². The van der Waals surface area contributed by atoms with Crippen LogP contribution in [0.1, 0.15) is 32.1 Å². The molecule has 1 aromatic carbocycles. The van der Waals surface area contributed by atoms with Crippen LogP contribution in [-0.4, -0.2) is 11.9 Å². The molecule has 1 saturated carbocycles. The number of benzene rings is 1. The zero-order chi connectivity index (χ0) is 13.0. The van der Waals surface area contributed by atoms with Gasteiger partial charge < -0.3 is 11.1 Å². The number of halogens is 1. The molecule has 1 aliphatic carbocycles. The topological polar surface area (TPSA) is 55.1 Å². The zero-order valence-electron chi connectivity index (χ0n) is 10.4. The van der Waals surface area contributed by atoms with Crippen LogP contribution in [0.4, 0.5) is 5.69 Å². The molecule has 1 fully saturated rings. The van der Waals surface area contributed by atoms with E-state index in [9.17, 15) is 4.79 Å². The minimum Gasteiger partial charge on any atom is -0.328 e. The molecule has 0 aliphatic heterocycles. The molecule has 0 heterocycles. The maximum absolute atomic E-state index is 12.0. The van der Waals surface area contributed by atoms with Gasteiger partial charge in [0.1, 0.15) is 0 Å². The molecule has 98 valence electrons. The number of hydrogen-bond acceptors (Lipinski definition) is 2. The van der Waals surface area contributed by atoms with Crippen LogP contribution in [0.2, 0.25) is 0 Å². The van der Waals surface area contributed by atoms with Crippen LogP contribution in [0.5, 0.6) is 0 Å². The van der Waals surface area contributed by atoms with Crippen molar-refractivity contribution in [2.75, 3.05) is 5.32 Å². The first-order chi connectivity index (χ1) is 8.65. The number of anilines is 1. The molecule has 0 saturated heterocycles. The second-order valence-corrected chi connectivity index (χ2v) is 5.87. The van der Waals surface area contributed by atoms with Crippen molar-refractivity contribution < 1.29 is 4.79 Å². The molecule has 4 heteroatoms. The van der Waals surface area contributed by atoms with Crippen molar-refractivity contribution in [1.29, 1.82) is 0 Å². The lowest BCUT2D eigenvalue weighted by molar-refractivity contribution is -0.117. The summed E-state index contributed by atoms with van der Waals surface area (Å²) in [5, 5.41) is 2.95. The Labute approximate surface area is 116 Å². The fraction of sp³-hybridized carbons (Fsp3) is 0.500. The minimum atomic E-state index is 0.0994. The van der Waals surface area contributed by atoms with E-state index in [1.165, 1.54) is 0 Å². The van der Waals surface area contributed by atoms with E-state index < -0.39 is 0 Å². The molecule has 0 bridgehead atoms. The van der Waals surface area contributed by atoms with Crippen LogP contribution in [0.3, 0.4) is 0 Å². The normalized spacial score (nSPS) is 23.7. The van der Waals surface area contributed by atoms with E-state index in [2.05, 4.69) is 21.2 Å². The summed E-state index contributed by atoms with van der Waals surface area (Å²) in [6, 6.07) is 8.02. The summed E-state index contributed by atoms with van der Waals surface area (Å²) < 4.78 is 0.920. The average Bonchev–Trinajstić information content (AvgIpc) is 2.35. The summed E-state index contributed by atoms with van der Waals surface area (Å²) in [5.74, 6) is 0.592. The van der Waals surface area contributed by atoms with Crippen molar-refractivity contribution in [3.8, 4) is 0 Å². The van der Waals surface area contributed by atoms with Gasteiger partial charge in [0.05, 0.1) is 5.69 Å². The highest BCUT2D eigenvalue weighted by molar-refractivity contribution is 9.10. The molecular weight excluding hydrogens is 292 g/mol. The molecule has 0 unspecified atom stereocenters. The van der Waals surface area contributed by atoms with Crippen LogP contribution in [0.15, 0.2) is 28.7 Å². The van der Waals surface area contributed by atoms with E-state index in [0.717, 1.165) is 35.8 Å². The molecular formula is C14H19BrN2O. The predicted molar refractivity (Wildman–Crippen MR) is 77.3 cm³/mol. The van der Waals surface area contributed by atoms with E-state index in [1.54, 1.807) is 0 Å². The van der Waals surface area contributed by atoms with E-state index in [-0.39, 0.29) is 5.91 Å². The molecule has 0 radical (unpaired) electrons. The lowest BCUT2D eigenvalue weighted by atomic mass is 9.84. The number of hydrogen-bond donors (Lipinski definition) is 2. The number of amides is 1. The summed E-state index contributed by atoms with van der Waals surface area (Å²) in [6.45, 7) is 0. The Hall–Kier alpha value is -0.870. The molecule has 2 rings (SSSR count). The van der Waals surface area contributed by atoms with Gasteiger partial charge in [0.2, 0.25) is 5.91 Å². The van der Waals surface area contributed by atoms with Gasteiger partial charge in [-0.3, -0.25) is 4.79 Å². The van der Waals surface area contributed by atoms with Crippen molar-refractivity contribution in [2.24, 2.45) is 11.7 Å². The van der Waals surface area contributed by atoms with Gasteiger partial charge in [-0.05, 0) is 59.7 Å². The monoisotopic (exact) mass is 310 g/mol. The maximum Gasteiger partial charge on any atom is 0.224 e. The van der Waals surface area contributed by atoms with Crippen LogP contribution >= 0.6 is 15.9 Å². The van der Waals surface area contributed by atoms with Gasteiger partial charge in [-0.2, -0.15) is 0 Å². The fourth-order valence-electron chi connectivity index (χ4n) is 2.42. The second-order valence-electron chi connectivity index (χ2n) is 5.01. The van der Waals surface area contributed by atoms with Crippen molar-refractivity contribution in [1.82, 2.24) is 0 Å². The van der Waals surface area contributed by atoms with Crippen molar-refractivity contribution in [3.05, 3.63) is 28.7 Å². The number of nitrogens with one attached hydrogen (secondary N) is 1. The predicted octanol–water partition coefficient (Wildman–Crippen LogP) is 3.30. The molecule has 3 N–H and O–H groups in total. The van der Waals surface area contributed by atoms with Crippen LogP contribution in [0.25, 0.3) is 0 Å². The summed E-state index contributed by atoms with van der Waals surface area (Å²) in [7, 11) is 0. The van der Waals surface area contributed by atoms with Gasteiger partial charge in [-0.25, -0.2) is 0 Å². The van der Waals surface area contributed by atoms with Gasteiger partial charge in [0.15, 0.2) is 0 Å². The van der Waals surface area contributed by atoms with Gasteiger partial charge in [-0.15, -0.1) is 0 Å². The van der Waals surface area contributed by atoms with Gasteiger partial charge >= 0.3 is 0 Å². The van der Waals surface area contributed by atoms with Gasteiger partial charge in [0.25, 0.3) is 0 Å². The Morgan fingerprint density at radius 1 is 1.28 bits per heavy atom. The Morgan fingerprint density at radius 3 is 2.61 bits per heavy atom. The first-order valence-electron chi connectivity index (χ1n) is 6.45. The molecule has 0 aromatic heterocycles. The first kappa shape index (κ1) is 13.6. The fourth-order valence-corrected chi connectivity index (χ4v) is 2.80. The summed E-state index contributed by atoms with van der Waals surface area (Å²) in [6.07, 6.45) is 4.85. The summed E-state index contributed by atoms with van der Waals surface area (Å²) in [5.41, 5.74) is 6.71. The van der Waals surface area contributed by atoms with Crippen LogP contribution < -0.4 is 11.1 Å². The second kappa shape index (κ2) is 6.34. The number of para-hydroxylation sites is 1. The summed E-state index contributed by atoms with van der Waals surface area (Å²) >= 11 is 3.43. The zero-order valence-corrected chi connectivity index (χ0v) is 11.9. The highest BCUT2D eigenvalue weighted by atomic mass is 79.9. The molecule has 18 heavy (non-hydrogen) atoms. The van der Waals surface area contributed by atoms with Crippen LogP contribution in [0, 0.1) is 5.92 Å². The average molecular weight is 311 g/mol. The summed E-state index contributed by atoms with van der Waals surface area (Å²) in [4.78, 5) is 12.0. The third-order valence-corrected chi connectivity index (χ3v) is 4.20. The number of carbonyl (C=O) groups excluding carboxylic acids is 1. The molecule has 1 aliphatic rings. The molecule has 0 spiro atoms. The largest absolute Gasteiger partial charge is 0.328 e. The molecule has 1 aromatic rings. The number of carbonyl (C=O) groups is 1. The lowest BCUT2D eigenvalue weighted by Crippen LogP contribution is -2.28. The van der Waals surface area contributed by atoms with Gasteiger partial charge in [-0.1, -0.05) is 12.1 Å². The Bertz CT molecular complexity index is 414. The van der Waals surface area contributed by atoms with Crippen molar-refractivity contribution in [3.63, 3.8) is 0 Å². The van der Waals surface area contributed by atoms with Crippen LogP contribution in [-0.2, 0) is 4.79 Å². The molecule has 1 amide bonds. The van der Waals surface area contributed by atoms with E-state index in [0.29, 0.717) is 18.4 Å². The lowest BCUT2D eigenvalue weighted by Gasteiger charge is -2.25. The smallest absolute Gasteiger partial charge is 0.224 e. The maximum atomic E-state index is 12.0. The van der Waals surface area contributed by atoms with E-state index in [4.69, 9.17) is 5.73 Å². The first-order valence-corrected chi connectivity index (χ1v) is 7.24. The highest BCUT2D eigenvalue weighted by Gasteiger charge is 2.21. The number of rotatable bonds is 3. The van der Waals surface area contributed by atoms with Gasteiger partial charge in [0, 0.05) is 16.9 Å². The van der Waals surface area contributed by atoms with E-state index >= 15 is 0 Å². The minimum absolute atomic E-state index is 0.0994. The Morgan fingerprint density at radius 2 is 1.94 bits per heavy atom. The SMILES string of the molecule is NC1CCC(CC(=O)Nc2ccccc2Br)CC1. The third-order valence-electron chi connectivity index (χ3n) is 3.51. The molecule has 3 nitrogen and oxygen atoms in total. The quantitative estimate of drug-likeness (QED) is 0.900. The van der Waals surface area contributed by atoms with Crippen molar-refractivity contribution >= 4 is 27.5 Å². The number of nitrogens with two attached hydrogens (primary N) is 1.